The molecule has 0 aliphatic rings. The molecular weight excluding hydrogens is 278 g/mol. The molecule has 0 aliphatic carbocycles. The number of rotatable bonds is 4. The maximum atomic E-state index is 12.9. The third kappa shape index (κ3) is 3.19. The van der Waals surface area contributed by atoms with Crippen molar-refractivity contribution in [2.24, 2.45) is 0 Å². The van der Waals surface area contributed by atoms with Crippen LogP contribution in [0.25, 0.3) is 10.8 Å². The van der Waals surface area contributed by atoms with E-state index in [0.717, 1.165) is 10.8 Å². The van der Waals surface area contributed by atoms with Gasteiger partial charge in [0.05, 0.1) is 0 Å². The standard InChI is InChI=1S/C12H8F2O4S/c13-12(14,17-18-19)11(15)16-10-6-5-8-3-1-2-4-9(8)7-10/h1-7,19H. The molecule has 2 rings (SSSR count). The SMILES string of the molecule is O=C(Oc1ccc2ccccc2c1)C(F)(F)OOS. The molecule has 2 aromatic rings. The van der Waals surface area contributed by atoms with Crippen molar-refractivity contribution in [1.29, 1.82) is 0 Å². The highest BCUT2D eigenvalue weighted by Gasteiger charge is 2.44. The molecule has 7 heteroatoms. The molecule has 2 aromatic carbocycles. The van der Waals surface area contributed by atoms with E-state index in [1.165, 1.54) is 12.1 Å². The van der Waals surface area contributed by atoms with Gasteiger partial charge in [0, 0.05) is 12.9 Å². The molecule has 0 N–H and O–H groups in total. The summed E-state index contributed by atoms with van der Waals surface area (Å²) in [6.07, 6.45) is -4.23. The summed E-state index contributed by atoms with van der Waals surface area (Å²) in [5.41, 5.74) is 0. The summed E-state index contributed by atoms with van der Waals surface area (Å²) >= 11 is 2.97. The summed E-state index contributed by atoms with van der Waals surface area (Å²) in [7, 11) is 0. The number of carbonyl (C=O) groups excluding carboxylic acids is 1. The largest absolute Gasteiger partial charge is 0.483 e. The maximum absolute atomic E-state index is 12.9. The van der Waals surface area contributed by atoms with Gasteiger partial charge in [0.25, 0.3) is 0 Å². The lowest BCUT2D eigenvalue weighted by molar-refractivity contribution is -0.366. The summed E-state index contributed by atoms with van der Waals surface area (Å²) in [4.78, 5) is 14.6. The summed E-state index contributed by atoms with van der Waals surface area (Å²) in [6, 6.07) is 11.7. The molecule has 0 radical (unpaired) electrons. The van der Waals surface area contributed by atoms with Crippen molar-refractivity contribution >= 4 is 29.7 Å². The lowest BCUT2D eigenvalue weighted by Gasteiger charge is -2.12. The molecule has 0 aromatic heterocycles. The fourth-order valence-electron chi connectivity index (χ4n) is 1.48. The van der Waals surface area contributed by atoms with Crippen LogP contribution >= 0.6 is 12.9 Å². The van der Waals surface area contributed by atoms with Crippen molar-refractivity contribution in [2.75, 3.05) is 0 Å². The van der Waals surface area contributed by atoms with E-state index in [4.69, 9.17) is 0 Å². The summed E-state index contributed by atoms with van der Waals surface area (Å²) in [6.45, 7) is 0. The van der Waals surface area contributed by atoms with Crippen molar-refractivity contribution in [2.45, 2.75) is 6.11 Å². The molecule has 0 unspecified atom stereocenters. The fraction of sp³-hybridized carbons (Fsp3) is 0.0833. The lowest BCUT2D eigenvalue weighted by Crippen LogP contribution is -2.35. The van der Waals surface area contributed by atoms with E-state index in [-0.39, 0.29) is 5.75 Å². The van der Waals surface area contributed by atoms with Crippen LogP contribution in [0.15, 0.2) is 42.5 Å². The van der Waals surface area contributed by atoms with Gasteiger partial charge in [-0.1, -0.05) is 30.3 Å². The number of alkyl halides is 2. The van der Waals surface area contributed by atoms with Crippen molar-refractivity contribution < 1.29 is 27.5 Å². The van der Waals surface area contributed by atoms with E-state index >= 15 is 0 Å². The van der Waals surface area contributed by atoms with Crippen LogP contribution in [-0.4, -0.2) is 12.1 Å². The topological polar surface area (TPSA) is 44.8 Å². The van der Waals surface area contributed by atoms with E-state index in [0.29, 0.717) is 0 Å². The Hall–Kier alpha value is -1.70. The fourth-order valence-corrected chi connectivity index (χ4v) is 1.57. The Morgan fingerprint density at radius 1 is 1.11 bits per heavy atom. The Balaban J connectivity index is 2.19. The number of carbonyl (C=O) groups is 1. The number of hydrogen-bond donors (Lipinski definition) is 1. The molecule has 0 atom stereocenters. The van der Waals surface area contributed by atoms with Crippen LogP contribution in [-0.2, 0) is 14.0 Å². The van der Waals surface area contributed by atoms with Crippen LogP contribution in [0.3, 0.4) is 0 Å². The molecule has 0 amide bonds. The summed E-state index contributed by atoms with van der Waals surface area (Å²) in [5, 5.41) is 1.64. The second-order valence-electron chi connectivity index (χ2n) is 3.57. The van der Waals surface area contributed by atoms with Gasteiger partial charge in [0.1, 0.15) is 5.75 Å². The van der Waals surface area contributed by atoms with Crippen molar-refractivity contribution in [3.8, 4) is 5.75 Å². The van der Waals surface area contributed by atoms with E-state index in [1.54, 1.807) is 18.2 Å². The van der Waals surface area contributed by atoms with Gasteiger partial charge in [-0.05, 0) is 22.9 Å². The first-order valence-electron chi connectivity index (χ1n) is 5.11. The quantitative estimate of drug-likeness (QED) is 0.234. The molecule has 0 spiro atoms. The Labute approximate surface area is 112 Å². The summed E-state index contributed by atoms with van der Waals surface area (Å²) in [5.74, 6) is -1.91. The van der Waals surface area contributed by atoms with Gasteiger partial charge in [0.15, 0.2) is 0 Å². The zero-order chi connectivity index (χ0) is 13.9. The number of thiol groups is 1. The third-order valence-electron chi connectivity index (χ3n) is 2.31. The monoisotopic (exact) mass is 286 g/mol. The van der Waals surface area contributed by atoms with Crippen LogP contribution in [0.2, 0.25) is 0 Å². The Morgan fingerprint density at radius 2 is 1.79 bits per heavy atom. The first kappa shape index (κ1) is 13.7. The molecule has 0 heterocycles. The Bertz CT molecular complexity index is 603. The molecule has 0 saturated carbocycles. The molecule has 19 heavy (non-hydrogen) atoms. The molecular formula is C12H8F2O4S. The summed E-state index contributed by atoms with van der Waals surface area (Å²) < 4.78 is 33.9. The smallest absolute Gasteiger partial charge is 0.420 e. The predicted molar refractivity (Wildman–Crippen MR) is 65.7 cm³/mol. The number of benzene rings is 2. The molecule has 4 nitrogen and oxygen atoms in total. The van der Waals surface area contributed by atoms with E-state index in [2.05, 4.69) is 26.9 Å². The van der Waals surface area contributed by atoms with Crippen molar-refractivity contribution in [3.63, 3.8) is 0 Å². The minimum atomic E-state index is -4.23. The van der Waals surface area contributed by atoms with Crippen LogP contribution in [0.4, 0.5) is 8.78 Å². The van der Waals surface area contributed by atoms with Crippen LogP contribution < -0.4 is 4.74 Å². The highest BCUT2D eigenvalue weighted by molar-refractivity contribution is 7.74. The van der Waals surface area contributed by atoms with Gasteiger partial charge < -0.3 is 4.74 Å². The second kappa shape index (κ2) is 5.52. The van der Waals surface area contributed by atoms with E-state index < -0.39 is 12.1 Å². The average molecular weight is 286 g/mol. The van der Waals surface area contributed by atoms with Crippen LogP contribution in [0.5, 0.6) is 5.75 Å². The second-order valence-corrected chi connectivity index (χ2v) is 3.72. The zero-order valence-electron chi connectivity index (χ0n) is 9.38. The first-order chi connectivity index (χ1) is 9.03. The first-order valence-corrected chi connectivity index (χ1v) is 5.47. The predicted octanol–water partition coefficient (Wildman–Crippen LogP) is 3.13. The minimum absolute atomic E-state index is 0.0221. The van der Waals surface area contributed by atoms with Crippen LogP contribution in [0, 0.1) is 0 Å². The maximum Gasteiger partial charge on any atom is 0.483 e. The Kier molecular flexibility index (Phi) is 3.98. The molecule has 0 fully saturated rings. The Morgan fingerprint density at radius 3 is 2.47 bits per heavy atom. The van der Waals surface area contributed by atoms with E-state index in [1.807, 2.05) is 12.1 Å². The molecule has 0 bridgehead atoms. The number of fused-ring (bicyclic) bond motifs is 1. The lowest BCUT2D eigenvalue weighted by atomic mass is 10.1. The highest BCUT2D eigenvalue weighted by Crippen LogP contribution is 2.24. The van der Waals surface area contributed by atoms with Crippen molar-refractivity contribution in [3.05, 3.63) is 42.5 Å². The molecule has 0 saturated heterocycles. The number of esters is 1. The van der Waals surface area contributed by atoms with Gasteiger partial charge >= 0.3 is 12.1 Å². The van der Waals surface area contributed by atoms with Gasteiger partial charge in [-0.25, -0.2) is 4.79 Å². The molecule has 0 aliphatic heterocycles. The van der Waals surface area contributed by atoms with Gasteiger partial charge in [-0.2, -0.15) is 13.1 Å². The number of hydrogen-bond acceptors (Lipinski definition) is 5. The highest BCUT2D eigenvalue weighted by atomic mass is 32.1. The van der Waals surface area contributed by atoms with Gasteiger partial charge in [0.2, 0.25) is 0 Å². The average Bonchev–Trinajstić information content (AvgIpc) is 2.38. The number of ether oxygens (including phenoxy) is 1. The normalized spacial score (nSPS) is 11.5. The van der Waals surface area contributed by atoms with Crippen molar-refractivity contribution in [1.82, 2.24) is 0 Å². The van der Waals surface area contributed by atoms with Gasteiger partial charge in [-0.3, -0.25) is 0 Å². The van der Waals surface area contributed by atoms with Crippen LogP contribution in [0.1, 0.15) is 0 Å². The number of halogens is 2. The van der Waals surface area contributed by atoms with Gasteiger partial charge in [-0.15, -0.1) is 4.89 Å². The third-order valence-corrected chi connectivity index (χ3v) is 2.39. The zero-order valence-corrected chi connectivity index (χ0v) is 10.3. The molecule has 100 valence electrons. The minimum Gasteiger partial charge on any atom is -0.420 e. The van der Waals surface area contributed by atoms with E-state index in [9.17, 15) is 13.6 Å².